The fraction of sp³-hybridized carbons (Fsp3) is 0.364. The Morgan fingerprint density at radius 3 is 2.36 bits per heavy atom. The third-order valence-corrected chi connectivity index (χ3v) is 5.42. The third-order valence-electron chi connectivity index (χ3n) is 4.45. The first-order chi connectivity index (χ1) is 13.5. The van der Waals surface area contributed by atoms with Gasteiger partial charge in [0.05, 0.1) is 10.6 Å². The molecular formula is C22H27ClN2O2S. The van der Waals surface area contributed by atoms with E-state index in [1.165, 1.54) is 5.56 Å². The van der Waals surface area contributed by atoms with Crippen molar-refractivity contribution < 1.29 is 9.59 Å². The molecule has 28 heavy (non-hydrogen) atoms. The minimum atomic E-state index is -0.588. The summed E-state index contributed by atoms with van der Waals surface area (Å²) in [7, 11) is 0. The number of halogens is 1. The minimum Gasteiger partial charge on any atom is -0.352 e. The Morgan fingerprint density at radius 1 is 1.00 bits per heavy atom. The Balaban J connectivity index is 1.94. The maximum absolute atomic E-state index is 12.8. The SMILES string of the molecule is CSCC[C@@H](NC(=O)c1ccccc1Cl)C(=O)N[C@@H](C)CCc1ccccc1. The molecule has 0 unspecified atom stereocenters. The van der Waals surface area contributed by atoms with Crippen LogP contribution in [0.4, 0.5) is 0 Å². The normalized spacial score (nSPS) is 12.8. The molecule has 6 heteroatoms. The van der Waals surface area contributed by atoms with Crippen molar-refractivity contribution >= 4 is 35.2 Å². The Kier molecular flexibility index (Phi) is 9.38. The highest BCUT2D eigenvalue weighted by Gasteiger charge is 2.23. The second kappa shape index (κ2) is 11.8. The number of aryl methyl sites for hydroxylation is 1. The smallest absolute Gasteiger partial charge is 0.253 e. The van der Waals surface area contributed by atoms with Crippen molar-refractivity contribution in [1.82, 2.24) is 10.6 Å². The summed E-state index contributed by atoms with van der Waals surface area (Å²) in [6.45, 7) is 1.99. The summed E-state index contributed by atoms with van der Waals surface area (Å²) in [5.41, 5.74) is 1.62. The van der Waals surface area contributed by atoms with Crippen LogP contribution in [0.5, 0.6) is 0 Å². The van der Waals surface area contributed by atoms with E-state index in [9.17, 15) is 9.59 Å². The van der Waals surface area contributed by atoms with Gasteiger partial charge in [-0.15, -0.1) is 0 Å². The van der Waals surface area contributed by atoms with Crippen LogP contribution in [0.15, 0.2) is 54.6 Å². The zero-order valence-electron chi connectivity index (χ0n) is 16.3. The maximum Gasteiger partial charge on any atom is 0.253 e. The van der Waals surface area contributed by atoms with Gasteiger partial charge in [0.25, 0.3) is 5.91 Å². The first kappa shape index (κ1) is 22.3. The molecule has 2 aromatic rings. The van der Waals surface area contributed by atoms with Crippen LogP contribution >= 0.6 is 23.4 Å². The summed E-state index contributed by atoms with van der Waals surface area (Å²) in [6, 6.07) is 16.5. The molecule has 0 aliphatic carbocycles. The Morgan fingerprint density at radius 2 is 1.68 bits per heavy atom. The Labute approximate surface area is 176 Å². The highest BCUT2D eigenvalue weighted by Crippen LogP contribution is 2.15. The van der Waals surface area contributed by atoms with Crippen LogP contribution in [-0.2, 0) is 11.2 Å². The van der Waals surface area contributed by atoms with E-state index in [-0.39, 0.29) is 17.9 Å². The lowest BCUT2D eigenvalue weighted by atomic mass is 10.1. The molecule has 2 amide bonds. The van der Waals surface area contributed by atoms with Crippen LogP contribution in [0.25, 0.3) is 0 Å². The number of hydrogen-bond acceptors (Lipinski definition) is 3. The van der Waals surface area contributed by atoms with Gasteiger partial charge < -0.3 is 10.6 Å². The van der Waals surface area contributed by atoms with Gasteiger partial charge in [-0.3, -0.25) is 9.59 Å². The van der Waals surface area contributed by atoms with E-state index in [1.807, 2.05) is 31.4 Å². The van der Waals surface area contributed by atoms with Gasteiger partial charge in [0.15, 0.2) is 0 Å². The van der Waals surface area contributed by atoms with E-state index in [0.29, 0.717) is 17.0 Å². The van der Waals surface area contributed by atoms with Crippen LogP contribution in [0, 0.1) is 0 Å². The molecule has 150 valence electrons. The second-order valence-corrected chi connectivity index (χ2v) is 8.11. The molecule has 2 N–H and O–H groups in total. The van der Waals surface area contributed by atoms with Gasteiger partial charge in [-0.25, -0.2) is 0 Å². The van der Waals surface area contributed by atoms with Crippen LogP contribution in [0.1, 0.15) is 35.7 Å². The van der Waals surface area contributed by atoms with Gasteiger partial charge in [-0.1, -0.05) is 54.1 Å². The molecule has 4 nitrogen and oxygen atoms in total. The zero-order valence-corrected chi connectivity index (χ0v) is 17.9. The summed E-state index contributed by atoms with van der Waals surface area (Å²) in [6.07, 6.45) is 4.27. The molecule has 2 rings (SSSR count). The number of nitrogens with one attached hydrogen (secondary N) is 2. The van der Waals surface area contributed by atoms with E-state index in [4.69, 9.17) is 11.6 Å². The van der Waals surface area contributed by atoms with Gasteiger partial charge >= 0.3 is 0 Å². The van der Waals surface area contributed by atoms with Gasteiger partial charge in [0.1, 0.15) is 6.04 Å². The highest BCUT2D eigenvalue weighted by molar-refractivity contribution is 7.98. The van der Waals surface area contributed by atoms with Crippen LogP contribution in [0.2, 0.25) is 5.02 Å². The van der Waals surface area contributed by atoms with Crippen molar-refractivity contribution in [2.45, 2.75) is 38.3 Å². The molecule has 0 aromatic heterocycles. The molecule has 2 atom stereocenters. The van der Waals surface area contributed by atoms with Crippen LogP contribution in [-0.4, -0.2) is 35.9 Å². The first-order valence-corrected chi connectivity index (χ1v) is 11.2. The summed E-state index contributed by atoms with van der Waals surface area (Å²) < 4.78 is 0. The zero-order chi connectivity index (χ0) is 20.4. The monoisotopic (exact) mass is 418 g/mol. The van der Waals surface area contributed by atoms with Gasteiger partial charge in [-0.05, 0) is 55.9 Å². The van der Waals surface area contributed by atoms with Crippen molar-refractivity contribution in [1.29, 1.82) is 0 Å². The fourth-order valence-corrected chi connectivity index (χ4v) is 3.52. The third kappa shape index (κ3) is 7.21. The number of amides is 2. The van der Waals surface area contributed by atoms with Gasteiger partial charge in [0.2, 0.25) is 5.91 Å². The average Bonchev–Trinajstić information content (AvgIpc) is 2.70. The van der Waals surface area contributed by atoms with E-state index in [2.05, 4.69) is 22.8 Å². The number of carbonyl (C=O) groups is 2. The predicted octanol–water partition coefficient (Wildman–Crippen LogP) is 4.33. The molecule has 0 radical (unpaired) electrons. The quantitative estimate of drug-likeness (QED) is 0.603. The average molecular weight is 419 g/mol. The van der Waals surface area contributed by atoms with E-state index < -0.39 is 6.04 Å². The number of hydrogen-bond donors (Lipinski definition) is 2. The summed E-state index contributed by atoms with van der Waals surface area (Å²) >= 11 is 7.75. The van der Waals surface area contributed by atoms with Crippen molar-refractivity contribution in [3.05, 3.63) is 70.7 Å². The summed E-state index contributed by atoms with van der Waals surface area (Å²) in [5, 5.41) is 6.25. The topological polar surface area (TPSA) is 58.2 Å². The molecule has 0 spiro atoms. The minimum absolute atomic E-state index is 0.0155. The predicted molar refractivity (Wildman–Crippen MR) is 118 cm³/mol. The van der Waals surface area contributed by atoms with Crippen molar-refractivity contribution in [2.75, 3.05) is 12.0 Å². The lowest BCUT2D eigenvalue weighted by Crippen LogP contribution is -2.49. The largest absolute Gasteiger partial charge is 0.352 e. The fourth-order valence-electron chi connectivity index (χ4n) is 2.83. The molecule has 0 fully saturated rings. The van der Waals surface area contributed by atoms with Crippen molar-refractivity contribution in [3.8, 4) is 0 Å². The Bertz CT molecular complexity index is 770. The summed E-state index contributed by atoms with van der Waals surface area (Å²) in [5.74, 6) is 0.290. The van der Waals surface area contributed by atoms with Gasteiger partial charge in [-0.2, -0.15) is 11.8 Å². The van der Waals surface area contributed by atoms with Crippen LogP contribution < -0.4 is 10.6 Å². The van der Waals surface area contributed by atoms with Crippen molar-refractivity contribution in [2.24, 2.45) is 0 Å². The van der Waals surface area contributed by atoms with E-state index in [1.54, 1.807) is 36.0 Å². The molecule has 2 aromatic carbocycles. The van der Waals surface area contributed by atoms with E-state index in [0.717, 1.165) is 18.6 Å². The molecule has 0 bridgehead atoms. The number of thioether (sulfide) groups is 1. The first-order valence-electron chi connectivity index (χ1n) is 9.40. The second-order valence-electron chi connectivity index (χ2n) is 6.72. The molecule has 0 aliphatic rings. The van der Waals surface area contributed by atoms with Gasteiger partial charge in [0, 0.05) is 6.04 Å². The van der Waals surface area contributed by atoms with E-state index >= 15 is 0 Å². The number of rotatable bonds is 10. The van der Waals surface area contributed by atoms with Crippen LogP contribution in [0.3, 0.4) is 0 Å². The highest BCUT2D eigenvalue weighted by atomic mass is 35.5. The summed E-state index contributed by atoms with van der Waals surface area (Å²) in [4.78, 5) is 25.3. The molecular weight excluding hydrogens is 392 g/mol. The number of benzene rings is 2. The molecule has 0 heterocycles. The molecule has 0 aliphatic heterocycles. The maximum atomic E-state index is 12.8. The van der Waals surface area contributed by atoms with Crippen molar-refractivity contribution in [3.63, 3.8) is 0 Å². The standard InChI is InChI=1S/C22H27ClN2O2S/c1-16(12-13-17-8-4-3-5-9-17)24-22(27)20(14-15-28-2)25-21(26)18-10-6-7-11-19(18)23/h3-11,16,20H,12-15H2,1-2H3,(H,24,27)(H,25,26)/t16-,20+/m0/s1. The number of carbonyl (C=O) groups excluding carboxylic acids is 2. The lowest BCUT2D eigenvalue weighted by Gasteiger charge is -2.21. The molecule has 0 saturated heterocycles. The Hall–Kier alpha value is -1.98. The molecule has 0 saturated carbocycles. The lowest BCUT2D eigenvalue weighted by molar-refractivity contribution is -0.123.